The van der Waals surface area contributed by atoms with Crippen molar-refractivity contribution in [3.05, 3.63) is 65.2 Å². The van der Waals surface area contributed by atoms with Gasteiger partial charge in [-0.05, 0) is 43.2 Å². The van der Waals surface area contributed by atoms with Crippen LogP contribution in [0, 0.1) is 0 Å². The van der Waals surface area contributed by atoms with Gasteiger partial charge in [0, 0.05) is 42.8 Å². The molecule has 1 spiro atoms. The molecule has 1 fully saturated rings. The van der Waals surface area contributed by atoms with E-state index < -0.39 is 5.97 Å². The highest BCUT2D eigenvalue weighted by molar-refractivity contribution is 6.30. The van der Waals surface area contributed by atoms with Gasteiger partial charge in [-0.25, -0.2) is 4.79 Å². The van der Waals surface area contributed by atoms with Crippen molar-refractivity contribution in [3.63, 3.8) is 0 Å². The molecule has 0 radical (unpaired) electrons. The first-order valence-corrected chi connectivity index (χ1v) is 11.4. The van der Waals surface area contributed by atoms with Crippen LogP contribution in [0.15, 0.2) is 49.1 Å². The van der Waals surface area contributed by atoms with Crippen LogP contribution in [0.2, 0.25) is 5.02 Å². The fourth-order valence-electron chi connectivity index (χ4n) is 5.12. The molecule has 1 unspecified atom stereocenters. The number of ether oxygens (including phenoxy) is 2. The van der Waals surface area contributed by atoms with Gasteiger partial charge in [0.25, 0.3) is 0 Å². The number of carbonyl (C=O) groups is 1. The number of halogens is 1. The van der Waals surface area contributed by atoms with Gasteiger partial charge >= 0.3 is 5.97 Å². The van der Waals surface area contributed by atoms with Crippen LogP contribution in [-0.2, 0) is 5.41 Å². The maximum Gasteiger partial charge on any atom is 0.335 e. The van der Waals surface area contributed by atoms with Crippen LogP contribution in [-0.4, -0.2) is 61.4 Å². The maximum absolute atomic E-state index is 11.7. The normalized spacial score (nSPS) is 24.4. The SMILES string of the molecule is C=CCN1CC[C@H]1CN1CC2(CCOc3cc(Cl)ccc32)COc2ccc(C(=O)O)cc21. The lowest BCUT2D eigenvalue weighted by Gasteiger charge is -2.46. The van der Waals surface area contributed by atoms with E-state index in [1.165, 1.54) is 0 Å². The lowest BCUT2D eigenvalue weighted by atomic mass is 9.76. The van der Waals surface area contributed by atoms with Gasteiger partial charge in [0.15, 0.2) is 0 Å². The summed E-state index contributed by atoms with van der Waals surface area (Å²) in [5.74, 6) is 0.597. The summed E-state index contributed by atoms with van der Waals surface area (Å²) in [7, 11) is 0. The van der Waals surface area contributed by atoms with Gasteiger partial charge in [0.2, 0.25) is 0 Å². The third kappa shape index (κ3) is 3.71. The number of aromatic carboxylic acids is 1. The average Bonchev–Trinajstić information content (AvgIpc) is 2.92. The minimum atomic E-state index is -0.935. The van der Waals surface area contributed by atoms with Crippen LogP contribution in [0.1, 0.15) is 28.8 Å². The van der Waals surface area contributed by atoms with Crippen molar-refractivity contribution >= 4 is 23.3 Å². The van der Waals surface area contributed by atoms with E-state index in [1.807, 2.05) is 24.3 Å². The number of nitrogens with zero attached hydrogens (tertiary/aromatic N) is 2. The molecule has 3 aliphatic heterocycles. The Hall–Kier alpha value is -2.70. The number of likely N-dealkylation sites (tertiary alicyclic amines) is 1. The summed E-state index contributed by atoms with van der Waals surface area (Å²) in [6.07, 6.45) is 3.87. The molecule has 1 N–H and O–H groups in total. The first-order valence-electron chi connectivity index (χ1n) is 11.0. The fourth-order valence-corrected chi connectivity index (χ4v) is 5.28. The number of fused-ring (bicyclic) bond motifs is 3. The molecular weight excluding hydrogens is 428 g/mol. The van der Waals surface area contributed by atoms with Gasteiger partial charge in [-0.1, -0.05) is 23.7 Å². The minimum Gasteiger partial charge on any atom is -0.493 e. The van der Waals surface area contributed by atoms with E-state index in [0.717, 1.165) is 61.8 Å². The molecule has 2 atom stereocenters. The van der Waals surface area contributed by atoms with Gasteiger partial charge < -0.3 is 19.5 Å². The summed E-state index contributed by atoms with van der Waals surface area (Å²) in [5.41, 5.74) is 1.94. The molecule has 3 aliphatic rings. The highest BCUT2D eigenvalue weighted by Crippen LogP contribution is 2.45. The van der Waals surface area contributed by atoms with Crippen molar-refractivity contribution in [2.75, 3.05) is 44.3 Å². The molecule has 5 rings (SSSR count). The lowest BCUT2D eigenvalue weighted by molar-refractivity contribution is 0.0697. The molecule has 0 bridgehead atoms. The van der Waals surface area contributed by atoms with E-state index in [0.29, 0.717) is 24.3 Å². The summed E-state index contributed by atoms with van der Waals surface area (Å²) >= 11 is 6.24. The first kappa shape index (κ1) is 21.2. The predicted molar refractivity (Wildman–Crippen MR) is 125 cm³/mol. The highest BCUT2D eigenvalue weighted by Gasteiger charge is 2.44. The molecule has 7 heteroatoms. The first-order chi connectivity index (χ1) is 15.5. The van der Waals surface area contributed by atoms with E-state index in [2.05, 4.69) is 16.4 Å². The highest BCUT2D eigenvalue weighted by atomic mass is 35.5. The molecule has 3 heterocycles. The van der Waals surface area contributed by atoms with Crippen molar-refractivity contribution in [3.8, 4) is 11.5 Å². The number of carboxylic acid groups (broad SMARTS) is 1. The van der Waals surface area contributed by atoms with Gasteiger partial charge in [-0.15, -0.1) is 6.58 Å². The van der Waals surface area contributed by atoms with E-state index in [-0.39, 0.29) is 11.0 Å². The second-order valence-corrected chi connectivity index (χ2v) is 9.34. The third-order valence-electron chi connectivity index (χ3n) is 6.96. The Labute approximate surface area is 193 Å². The number of rotatable bonds is 5. The molecule has 32 heavy (non-hydrogen) atoms. The van der Waals surface area contributed by atoms with Crippen molar-refractivity contribution in [2.24, 2.45) is 0 Å². The van der Waals surface area contributed by atoms with Gasteiger partial charge in [-0.3, -0.25) is 4.90 Å². The fraction of sp³-hybridized carbons (Fsp3) is 0.400. The van der Waals surface area contributed by atoms with Crippen molar-refractivity contribution in [1.82, 2.24) is 4.90 Å². The summed E-state index contributed by atoms with van der Waals surface area (Å²) < 4.78 is 12.3. The Morgan fingerprint density at radius 3 is 2.88 bits per heavy atom. The zero-order valence-electron chi connectivity index (χ0n) is 17.9. The standard InChI is InChI=1S/C25H27ClN2O4/c1-2-9-27-10-7-19(27)14-28-15-25(8-11-31-23-13-18(26)4-5-20(23)25)16-32-22-6-3-17(24(29)30)12-21(22)28/h2-6,12-13,19H,1,7-11,14-16H2,(H,29,30)/t19-,25?/m0/s1. The maximum atomic E-state index is 11.7. The largest absolute Gasteiger partial charge is 0.493 e. The number of carboxylic acids is 1. The van der Waals surface area contributed by atoms with E-state index >= 15 is 0 Å². The van der Waals surface area contributed by atoms with Crippen LogP contribution in [0.3, 0.4) is 0 Å². The third-order valence-corrected chi connectivity index (χ3v) is 7.19. The zero-order valence-corrected chi connectivity index (χ0v) is 18.7. The summed E-state index contributed by atoms with van der Waals surface area (Å²) in [6.45, 7) is 8.42. The smallest absolute Gasteiger partial charge is 0.335 e. The Bertz CT molecular complexity index is 1060. The molecule has 0 aliphatic carbocycles. The van der Waals surface area contributed by atoms with Crippen LogP contribution >= 0.6 is 11.6 Å². The number of hydrogen-bond acceptors (Lipinski definition) is 5. The van der Waals surface area contributed by atoms with E-state index in [4.69, 9.17) is 21.1 Å². The van der Waals surface area contributed by atoms with Gasteiger partial charge in [0.1, 0.15) is 11.5 Å². The van der Waals surface area contributed by atoms with Crippen molar-refractivity contribution in [1.29, 1.82) is 0 Å². The lowest BCUT2D eigenvalue weighted by Crippen LogP contribution is -2.55. The molecule has 168 valence electrons. The van der Waals surface area contributed by atoms with Crippen LogP contribution < -0.4 is 14.4 Å². The molecule has 6 nitrogen and oxygen atoms in total. The van der Waals surface area contributed by atoms with Crippen LogP contribution in [0.5, 0.6) is 11.5 Å². The number of hydrogen-bond donors (Lipinski definition) is 1. The molecule has 0 amide bonds. The Balaban J connectivity index is 1.55. The number of anilines is 1. The molecule has 0 saturated carbocycles. The Morgan fingerprint density at radius 1 is 1.25 bits per heavy atom. The second kappa shape index (κ2) is 8.34. The Morgan fingerprint density at radius 2 is 2.12 bits per heavy atom. The van der Waals surface area contributed by atoms with E-state index in [1.54, 1.807) is 18.2 Å². The predicted octanol–water partition coefficient (Wildman–Crippen LogP) is 4.22. The summed E-state index contributed by atoms with van der Waals surface area (Å²) in [5, 5.41) is 10.2. The van der Waals surface area contributed by atoms with Gasteiger partial charge in [0.05, 0.1) is 29.9 Å². The van der Waals surface area contributed by atoms with Crippen molar-refractivity contribution < 1.29 is 19.4 Å². The minimum absolute atomic E-state index is 0.268. The summed E-state index contributed by atoms with van der Waals surface area (Å²) in [4.78, 5) is 16.4. The second-order valence-electron chi connectivity index (χ2n) is 8.90. The van der Waals surface area contributed by atoms with E-state index in [9.17, 15) is 9.90 Å². The van der Waals surface area contributed by atoms with Crippen LogP contribution in [0.4, 0.5) is 5.69 Å². The molecule has 1 saturated heterocycles. The Kier molecular flexibility index (Phi) is 5.51. The topological polar surface area (TPSA) is 62.2 Å². The average molecular weight is 455 g/mol. The molecule has 2 aromatic carbocycles. The quantitative estimate of drug-likeness (QED) is 0.682. The van der Waals surface area contributed by atoms with Crippen LogP contribution in [0.25, 0.3) is 0 Å². The number of benzene rings is 2. The van der Waals surface area contributed by atoms with Gasteiger partial charge in [-0.2, -0.15) is 0 Å². The molecule has 2 aromatic rings. The summed E-state index contributed by atoms with van der Waals surface area (Å²) in [6, 6.07) is 11.4. The molecule has 0 aromatic heterocycles. The molecular formula is C25H27ClN2O4. The zero-order chi connectivity index (χ0) is 22.3. The monoisotopic (exact) mass is 454 g/mol. The van der Waals surface area contributed by atoms with Crippen molar-refractivity contribution in [2.45, 2.75) is 24.3 Å².